The molecule has 0 aromatic heterocycles. The average molecular weight is 783 g/mol. The van der Waals surface area contributed by atoms with Crippen molar-refractivity contribution in [3.63, 3.8) is 0 Å². The number of benzene rings is 4. The second-order valence-corrected chi connectivity index (χ2v) is 16.8. The molecule has 0 fully saturated rings. The first-order valence-electron chi connectivity index (χ1n) is 19.7. The van der Waals surface area contributed by atoms with Gasteiger partial charge in [0.05, 0.1) is 23.1 Å². The Hall–Kier alpha value is -6.16. The van der Waals surface area contributed by atoms with Crippen LogP contribution in [0, 0.1) is 41.5 Å². The Morgan fingerprint density at radius 2 is 1.03 bits per heavy atom. The molecule has 58 heavy (non-hydrogen) atoms. The number of amidine groups is 2. The number of carbonyl (C=O) groups excluding carboxylic acids is 2. The minimum absolute atomic E-state index is 0.406. The Morgan fingerprint density at radius 3 is 1.47 bits per heavy atom. The van der Waals surface area contributed by atoms with Crippen molar-refractivity contribution >= 4 is 35.2 Å². The van der Waals surface area contributed by atoms with Gasteiger partial charge in [-0.3, -0.25) is 10.9 Å². The molecule has 1 unspecified atom stereocenters. The lowest BCUT2D eigenvalue weighted by Gasteiger charge is -2.36. The molecule has 304 valence electrons. The maximum absolute atomic E-state index is 14.4. The first kappa shape index (κ1) is 43.0. The van der Waals surface area contributed by atoms with Crippen LogP contribution in [-0.2, 0) is 9.47 Å². The van der Waals surface area contributed by atoms with E-state index >= 15 is 0 Å². The maximum atomic E-state index is 14.4. The molecule has 4 aromatic carbocycles. The van der Waals surface area contributed by atoms with Gasteiger partial charge >= 0.3 is 12.2 Å². The lowest BCUT2D eigenvalue weighted by Crippen LogP contribution is -2.54. The van der Waals surface area contributed by atoms with Crippen molar-refractivity contribution in [3.8, 4) is 0 Å². The number of ether oxygens (including phenoxy) is 2. The van der Waals surface area contributed by atoms with Crippen LogP contribution in [0.15, 0.2) is 119 Å². The van der Waals surface area contributed by atoms with Gasteiger partial charge in [0, 0.05) is 11.1 Å². The van der Waals surface area contributed by atoms with E-state index in [1.807, 2.05) is 148 Å². The zero-order valence-electron chi connectivity index (χ0n) is 36.0. The molecule has 0 saturated carbocycles. The monoisotopic (exact) mass is 782 g/mol. The molecule has 0 spiro atoms. The zero-order valence-corrected chi connectivity index (χ0v) is 36.0. The fourth-order valence-corrected chi connectivity index (χ4v) is 6.94. The smallest absolute Gasteiger partial charge is 0.433 e. The highest BCUT2D eigenvalue weighted by Gasteiger charge is 2.33. The summed E-state index contributed by atoms with van der Waals surface area (Å²) in [4.78, 5) is 38.8. The summed E-state index contributed by atoms with van der Waals surface area (Å²) in [7, 11) is 0. The van der Waals surface area contributed by atoms with Crippen molar-refractivity contribution in [2.24, 2.45) is 9.98 Å². The molecule has 5 rings (SSSR count). The van der Waals surface area contributed by atoms with Gasteiger partial charge in [-0.1, -0.05) is 77.9 Å². The molecule has 1 aliphatic rings. The van der Waals surface area contributed by atoms with Crippen LogP contribution in [0.4, 0.5) is 21.0 Å². The van der Waals surface area contributed by atoms with Crippen molar-refractivity contribution < 1.29 is 19.1 Å². The van der Waals surface area contributed by atoms with Crippen LogP contribution in [0.2, 0.25) is 0 Å². The highest BCUT2D eigenvalue weighted by molar-refractivity contribution is 6.04. The fraction of sp³-hybridized carbons (Fsp3) is 0.333. The molecule has 0 heterocycles. The summed E-state index contributed by atoms with van der Waals surface area (Å²) >= 11 is 0. The molecule has 0 bridgehead atoms. The lowest BCUT2D eigenvalue weighted by atomic mass is 9.99. The molecule has 2 N–H and O–H groups in total. The number of aryl methyl sites for hydroxylation is 6. The number of hydrogen-bond donors (Lipinski definition) is 2. The second kappa shape index (κ2) is 18.0. The SMILES string of the molecule is Cc1cc(C)c(C(=Nc2ccccc2)NN(C(=O)OC(C)(C)C)C2=CC(N(NC(=Nc3ccccc3)c3c(C)cc(C)cc3C)C(=O)OC(C)(C)C)CC=C2)c(C)c1. The molecule has 1 atom stereocenters. The van der Waals surface area contributed by atoms with E-state index < -0.39 is 29.4 Å². The summed E-state index contributed by atoms with van der Waals surface area (Å²) in [5.74, 6) is 0.925. The van der Waals surface area contributed by atoms with Gasteiger partial charge in [-0.25, -0.2) is 24.6 Å². The zero-order chi connectivity index (χ0) is 42.4. The third-order valence-corrected chi connectivity index (χ3v) is 9.05. The van der Waals surface area contributed by atoms with Crippen LogP contribution in [-0.4, -0.2) is 51.1 Å². The van der Waals surface area contributed by atoms with Crippen LogP contribution < -0.4 is 10.9 Å². The van der Waals surface area contributed by atoms with E-state index in [0.717, 1.165) is 44.5 Å². The number of nitrogens with zero attached hydrogens (tertiary/aromatic N) is 4. The standard InChI is InChI=1S/C48H58N6O4/c1-31-26-33(3)41(34(4)27-31)43(49-37-20-15-13-16-21-37)51-53(45(55)57-47(7,8)9)39-24-19-25-40(30-39)54(46(56)58-48(10,11)12)52-44(50-38-22-17-14-18-23-38)42-35(5)28-32(2)29-36(42)6/h13-24,26-30,40H,25H2,1-12H3,(H,49,51)(H,50,52). The molecule has 2 amide bonds. The van der Waals surface area contributed by atoms with Crippen LogP contribution >= 0.6 is 0 Å². The van der Waals surface area contributed by atoms with E-state index in [0.29, 0.717) is 35.2 Å². The highest BCUT2D eigenvalue weighted by Crippen LogP contribution is 2.26. The Kier molecular flexibility index (Phi) is 13.3. The van der Waals surface area contributed by atoms with Gasteiger partial charge in [-0.15, -0.1) is 0 Å². The number of hydrazine groups is 2. The Morgan fingerprint density at radius 1 is 0.621 bits per heavy atom. The van der Waals surface area contributed by atoms with Gasteiger partial charge in [-0.2, -0.15) is 5.01 Å². The first-order valence-corrected chi connectivity index (χ1v) is 19.7. The van der Waals surface area contributed by atoms with Crippen LogP contribution in [0.25, 0.3) is 0 Å². The number of nitrogens with one attached hydrogen (secondary N) is 2. The van der Waals surface area contributed by atoms with Gasteiger partial charge < -0.3 is 9.47 Å². The first-order chi connectivity index (χ1) is 27.3. The van der Waals surface area contributed by atoms with Crippen molar-refractivity contribution in [1.29, 1.82) is 0 Å². The summed E-state index contributed by atoms with van der Waals surface area (Å²) in [6.07, 6.45) is 4.75. The topological polar surface area (TPSA) is 108 Å². The van der Waals surface area contributed by atoms with Crippen molar-refractivity contribution in [3.05, 3.63) is 153 Å². The van der Waals surface area contributed by atoms with E-state index in [4.69, 9.17) is 19.5 Å². The van der Waals surface area contributed by atoms with Gasteiger partial charge in [-0.05, 0) is 148 Å². The molecule has 1 aliphatic carbocycles. The number of para-hydroxylation sites is 2. The summed E-state index contributed by atoms with van der Waals surface area (Å²) in [5.41, 5.74) is 14.9. The Balaban J connectivity index is 1.66. The largest absolute Gasteiger partial charge is 0.442 e. The van der Waals surface area contributed by atoms with E-state index in [2.05, 4.69) is 49.0 Å². The predicted octanol–water partition coefficient (Wildman–Crippen LogP) is 11.1. The molecular formula is C48H58N6O4. The van der Waals surface area contributed by atoms with Crippen molar-refractivity contribution in [1.82, 2.24) is 20.9 Å². The Labute approximate surface area is 344 Å². The quantitative estimate of drug-likeness (QED) is 0.115. The number of aliphatic imine (C=N–C) groups is 2. The number of rotatable bonds is 6. The van der Waals surface area contributed by atoms with E-state index in [-0.39, 0.29) is 0 Å². The van der Waals surface area contributed by atoms with Crippen molar-refractivity contribution in [2.45, 2.75) is 107 Å². The molecule has 10 nitrogen and oxygen atoms in total. The molecule has 0 radical (unpaired) electrons. The molecule has 10 heteroatoms. The summed E-state index contributed by atoms with van der Waals surface area (Å²) in [6, 6.07) is 26.9. The number of amides is 2. The fourth-order valence-electron chi connectivity index (χ4n) is 6.94. The van der Waals surface area contributed by atoms with Crippen LogP contribution in [0.5, 0.6) is 0 Å². The summed E-state index contributed by atoms with van der Waals surface area (Å²) in [5, 5.41) is 2.81. The van der Waals surface area contributed by atoms with Crippen molar-refractivity contribution in [2.75, 3.05) is 0 Å². The molecule has 0 aliphatic heterocycles. The third-order valence-electron chi connectivity index (χ3n) is 9.05. The lowest BCUT2D eigenvalue weighted by molar-refractivity contribution is 0.0131. The molecular weight excluding hydrogens is 725 g/mol. The minimum Gasteiger partial charge on any atom is -0.442 e. The van der Waals surface area contributed by atoms with E-state index in [1.54, 1.807) is 0 Å². The van der Waals surface area contributed by atoms with E-state index in [9.17, 15) is 9.59 Å². The van der Waals surface area contributed by atoms with Crippen LogP contribution in [0.1, 0.15) is 92.5 Å². The van der Waals surface area contributed by atoms with Gasteiger partial charge in [0.15, 0.2) is 11.7 Å². The van der Waals surface area contributed by atoms with Gasteiger partial charge in [0.2, 0.25) is 0 Å². The average Bonchev–Trinajstić information content (AvgIpc) is 3.11. The van der Waals surface area contributed by atoms with E-state index in [1.165, 1.54) is 10.0 Å². The highest BCUT2D eigenvalue weighted by atomic mass is 16.6. The number of hydrogen-bond acceptors (Lipinski definition) is 6. The third kappa shape index (κ3) is 11.5. The van der Waals surface area contributed by atoms with Gasteiger partial charge in [0.25, 0.3) is 0 Å². The molecule has 0 saturated heterocycles. The second-order valence-electron chi connectivity index (χ2n) is 16.8. The minimum atomic E-state index is -0.821. The predicted molar refractivity (Wildman–Crippen MR) is 235 cm³/mol. The number of carbonyl (C=O) groups is 2. The summed E-state index contributed by atoms with van der Waals surface area (Å²) < 4.78 is 12.0. The molecule has 4 aromatic rings. The maximum Gasteiger partial charge on any atom is 0.433 e. The van der Waals surface area contributed by atoms with Crippen LogP contribution in [0.3, 0.4) is 0 Å². The summed E-state index contributed by atoms with van der Waals surface area (Å²) in [6.45, 7) is 23.2. The Bertz CT molecular complexity index is 2200. The number of allylic oxidation sites excluding steroid dienone is 1. The normalized spacial score (nSPS) is 14.7. The van der Waals surface area contributed by atoms with Gasteiger partial charge in [0.1, 0.15) is 11.2 Å².